The van der Waals surface area contributed by atoms with E-state index in [4.69, 9.17) is 21.1 Å². The van der Waals surface area contributed by atoms with Crippen LogP contribution in [0.5, 0.6) is 0 Å². The van der Waals surface area contributed by atoms with Crippen molar-refractivity contribution < 1.29 is 20.1 Å². The van der Waals surface area contributed by atoms with Crippen LogP contribution in [0.4, 0.5) is 5.82 Å². The fraction of sp³-hybridized carbons (Fsp3) is 0.600. The standard InChI is InChI=1S/C10H14N8O4/c11-10(16-17-12)7-8(13-2-15-10)18(3-14-7)9-6(21)5(20)4(1-19)22-9/h2-6,9,19-21H,1,11H2,(H,13,15)/t4-,5-,6-,9-,10?/m1/s1. The van der Waals surface area contributed by atoms with Gasteiger partial charge in [0.2, 0.25) is 5.79 Å². The van der Waals surface area contributed by atoms with E-state index in [1.807, 2.05) is 0 Å². The SMILES string of the molecule is [N-]=[N+]=NC1(N)NC=Nc2c1ncn2[C@@H]1O[C@H](CO)[C@@H](O)[C@H]1O. The smallest absolute Gasteiger partial charge is 0.215 e. The number of nitrogens with one attached hydrogen (secondary N) is 1. The quantitative estimate of drug-likeness (QED) is 0.246. The van der Waals surface area contributed by atoms with Gasteiger partial charge in [-0.1, -0.05) is 0 Å². The molecular weight excluding hydrogens is 296 g/mol. The van der Waals surface area contributed by atoms with Gasteiger partial charge in [0, 0.05) is 4.91 Å². The molecule has 12 heteroatoms. The van der Waals surface area contributed by atoms with Crippen molar-refractivity contribution in [1.82, 2.24) is 14.9 Å². The molecule has 1 unspecified atom stereocenters. The number of azide groups is 1. The Morgan fingerprint density at radius 3 is 2.95 bits per heavy atom. The number of aliphatic hydroxyl groups is 3. The number of aliphatic hydroxyl groups excluding tert-OH is 3. The minimum absolute atomic E-state index is 0.144. The van der Waals surface area contributed by atoms with Crippen LogP contribution in [0.25, 0.3) is 10.4 Å². The van der Waals surface area contributed by atoms with Crippen LogP contribution in [0, 0.1) is 0 Å². The summed E-state index contributed by atoms with van der Waals surface area (Å²) in [6.07, 6.45) is -1.94. The van der Waals surface area contributed by atoms with E-state index in [2.05, 4.69) is 25.3 Å². The lowest BCUT2D eigenvalue weighted by atomic mass is 10.1. The van der Waals surface area contributed by atoms with E-state index >= 15 is 0 Å². The third-order valence-electron chi connectivity index (χ3n) is 3.59. The summed E-state index contributed by atoms with van der Waals surface area (Å²) in [5.74, 6) is -1.40. The number of aromatic nitrogens is 2. The van der Waals surface area contributed by atoms with Crippen LogP contribution in [0.15, 0.2) is 16.4 Å². The Morgan fingerprint density at radius 2 is 2.32 bits per heavy atom. The van der Waals surface area contributed by atoms with E-state index in [1.165, 1.54) is 17.2 Å². The Bertz CT molecular complexity index is 655. The van der Waals surface area contributed by atoms with Gasteiger partial charge in [-0.25, -0.2) is 9.98 Å². The van der Waals surface area contributed by atoms with Crippen molar-refractivity contribution in [3.63, 3.8) is 0 Å². The summed E-state index contributed by atoms with van der Waals surface area (Å²) in [4.78, 5) is 10.8. The van der Waals surface area contributed by atoms with Gasteiger partial charge in [0.05, 0.1) is 19.3 Å². The third kappa shape index (κ3) is 2.02. The van der Waals surface area contributed by atoms with Crippen molar-refractivity contribution >= 4 is 12.2 Å². The number of aliphatic imine (C=N–C) groups is 1. The van der Waals surface area contributed by atoms with Gasteiger partial charge in [-0.05, 0) is 10.6 Å². The number of nitrogens with zero attached hydrogens (tertiary/aromatic N) is 6. The Hall–Kier alpha value is -2.21. The number of nitrogens with two attached hydrogens (primary N) is 1. The van der Waals surface area contributed by atoms with Gasteiger partial charge < -0.3 is 25.4 Å². The van der Waals surface area contributed by atoms with E-state index in [0.29, 0.717) is 0 Å². The zero-order valence-corrected chi connectivity index (χ0v) is 11.2. The first kappa shape index (κ1) is 14.7. The normalized spacial score (nSPS) is 36.5. The average molecular weight is 310 g/mol. The Kier molecular flexibility index (Phi) is 3.48. The van der Waals surface area contributed by atoms with E-state index in [1.54, 1.807) is 0 Å². The van der Waals surface area contributed by atoms with Crippen LogP contribution in [0.3, 0.4) is 0 Å². The highest BCUT2D eigenvalue weighted by Gasteiger charge is 2.45. The largest absolute Gasteiger partial charge is 0.394 e. The van der Waals surface area contributed by atoms with Gasteiger partial charge in [0.1, 0.15) is 24.0 Å². The number of imidazole rings is 1. The molecule has 1 fully saturated rings. The lowest BCUT2D eigenvalue weighted by Gasteiger charge is -2.26. The monoisotopic (exact) mass is 310 g/mol. The van der Waals surface area contributed by atoms with Crippen LogP contribution in [0.1, 0.15) is 11.9 Å². The molecule has 3 heterocycles. The van der Waals surface area contributed by atoms with Crippen LogP contribution in [-0.2, 0) is 10.5 Å². The van der Waals surface area contributed by atoms with Crippen molar-refractivity contribution in [2.45, 2.75) is 30.3 Å². The number of hydrogen-bond acceptors (Lipinski definition) is 9. The highest BCUT2D eigenvalue weighted by molar-refractivity contribution is 5.66. The maximum absolute atomic E-state index is 10.1. The predicted octanol–water partition coefficient (Wildman–Crippen LogP) is -1.86. The molecule has 3 rings (SSSR count). The molecule has 0 aromatic carbocycles. The second-order valence-corrected chi connectivity index (χ2v) is 4.91. The number of rotatable bonds is 3. The molecule has 1 aromatic rings. The summed E-state index contributed by atoms with van der Waals surface area (Å²) in [5.41, 5.74) is 14.7. The van der Waals surface area contributed by atoms with Gasteiger partial charge in [0.25, 0.3) is 0 Å². The molecule has 1 aromatic heterocycles. The van der Waals surface area contributed by atoms with Crippen LogP contribution >= 0.6 is 0 Å². The Morgan fingerprint density at radius 1 is 1.55 bits per heavy atom. The van der Waals surface area contributed by atoms with Crippen molar-refractivity contribution in [1.29, 1.82) is 0 Å². The molecule has 0 aliphatic carbocycles. The fourth-order valence-electron chi connectivity index (χ4n) is 2.45. The number of hydrogen-bond donors (Lipinski definition) is 5. The molecule has 0 saturated carbocycles. The summed E-state index contributed by atoms with van der Waals surface area (Å²) in [5, 5.41) is 35.0. The molecule has 22 heavy (non-hydrogen) atoms. The number of ether oxygens (including phenoxy) is 1. The minimum atomic E-state index is -1.62. The van der Waals surface area contributed by atoms with Gasteiger partial charge in [-0.15, -0.1) is 0 Å². The average Bonchev–Trinajstić information content (AvgIpc) is 3.03. The summed E-state index contributed by atoms with van der Waals surface area (Å²) < 4.78 is 6.76. The maximum Gasteiger partial charge on any atom is 0.215 e. The first-order chi connectivity index (χ1) is 10.5. The van der Waals surface area contributed by atoms with E-state index < -0.39 is 36.9 Å². The summed E-state index contributed by atoms with van der Waals surface area (Å²) in [7, 11) is 0. The molecule has 118 valence electrons. The van der Waals surface area contributed by atoms with Crippen LogP contribution < -0.4 is 11.1 Å². The predicted molar refractivity (Wildman–Crippen MR) is 71.5 cm³/mol. The van der Waals surface area contributed by atoms with Crippen molar-refractivity contribution in [2.24, 2.45) is 15.8 Å². The lowest BCUT2D eigenvalue weighted by Crippen LogP contribution is -2.49. The first-order valence-electron chi connectivity index (χ1n) is 6.37. The molecule has 0 radical (unpaired) electrons. The highest BCUT2D eigenvalue weighted by atomic mass is 16.6. The molecular formula is C10H14N8O4. The minimum Gasteiger partial charge on any atom is -0.394 e. The lowest BCUT2D eigenvalue weighted by molar-refractivity contribution is -0.0520. The number of fused-ring (bicyclic) bond motifs is 1. The van der Waals surface area contributed by atoms with Crippen molar-refractivity contribution in [2.75, 3.05) is 6.61 Å². The van der Waals surface area contributed by atoms with E-state index in [0.717, 1.165) is 0 Å². The molecule has 12 nitrogen and oxygen atoms in total. The molecule has 6 N–H and O–H groups in total. The maximum atomic E-state index is 10.1. The zero-order valence-electron chi connectivity index (χ0n) is 11.2. The molecule has 0 bridgehead atoms. The molecule has 0 spiro atoms. The van der Waals surface area contributed by atoms with E-state index in [-0.39, 0.29) is 11.5 Å². The van der Waals surface area contributed by atoms with E-state index in [9.17, 15) is 10.2 Å². The van der Waals surface area contributed by atoms with Crippen LogP contribution in [-0.4, -0.2) is 56.1 Å². The van der Waals surface area contributed by atoms with Gasteiger partial charge in [-0.2, -0.15) is 0 Å². The van der Waals surface area contributed by atoms with Gasteiger partial charge >= 0.3 is 0 Å². The Balaban J connectivity index is 2.01. The second kappa shape index (κ2) is 5.21. The topological polar surface area (TPSA) is 187 Å². The first-order valence-corrected chi connectivity index (χ1v) is 6.37. The zero-order chi connectivity index (χ0) is 15.9. The summed E-state index contributed by atoms with van der Waals surface area (Å²) in [6.45, 7) is -0.448. The summed E-state index contributed by atoms with van der Waals surface area (Å²) >= 11 is 0. The second-order valence-electron chi connectivity index (χ2n) is 4.91. The molecule has 5 atom stereocenters. The molecule has 2 aliphatic heterocycles. The fourth-order valence-corrected chi connectivity index (χ4v) is 2.45. The molecule has 1 saturated heterocycles. The van der Waals surface area contributed by atoms with Crippen molar-refractivity contribution in [3.05, 3.63) is 22.5 Å². The summed E-state index contributed by atoms with van der Waals surface area (Å²) in [6, 6.07) is 0. The molecule has 2 aliphatic rings. The van der Waals surface area contributed by atoms with Crippen LogP contribution in [0.2, 0.25) is 0 Å². The van der Waals surface area contributed by atoms with Gasteiger partial charge in [-0.3, -0.25) is 10.3 Å². The third-order valence-corrected chi connectivity index (χ3v) is 3.59. The van der Waals surface area contributed by atoms with Gasteiger partial charge in [0.15, 0.2) is 12.0 Å². The Labute approximate surface area is 123 Å². The molecule has 0 amide bonds. The highest BCUT2D eigenvalue weighted by Crippen LogP contribution is 2.37. The van der Waals surface area contributed by atoms with Crippen molar-refractivity contribution in [3.8, 4) is 0 Å².